The van der Waals surface area contributed by atoms with Crippen molar-refractivity contribution in [1.29, 1.82) is 0 Å². The van der Waals surface area contributed by atoms with Crippen molar-refractivity contribution in [2.75, 3.05) is 18.1 Å². The summed E-state index contributed by atoms with van der Waals surface area (Å²) in [5.74, 6) is 0. The van der Waals surface area contributed by atoms with Crippen LogP contribution in [0.1, 0.15) is 18.2 Å². The van der Waals surface area contributed by atoms with E-state index in [1.807, 2.05) is 0 Å². The smallest absolute Gasteiger partial charge is 0.212 e. The molecular formula is C22H23N2OS+. The van der Waals surface area contributed by atoms with Gasteiger partial charge in [0.25, 0.3) is 0 Å². The molecule has 0 radical (unpaired) electrons. The van der Waals surface area contributed by atoms with E-state index in [2.05, 4.69) is 84.0 Å². The van der Waals surface area contributed by atoms with Gasteiger partial charge in [-0.05, 0) is 38.1 Å². The van der Waals surface area contributed by atoms with Crippen molar-refractivity contribution in [2.24, 2.45) is 0 Å². The molecule has 0 amide bonds. The van der Waals surface area contributed by atoms with Gasteiger partial charge in [0.05, 0.1) is 17.3 Å². The minimum atomic E-state index is 0.136. The highest BCUT2D eigenvalue weighted by Gasteiger charge is 2.25. The van der Waals surface area contributed by atoms with E-state index in [1.165, 1.54) is 32.7 Å². The molecule has 0 saturated heterocycles. The highest BCUT2D eigenvalue weighted by molar-refractivity contribution is 8.03. The molecule has 0 fully saturated rings. The second-order valence-corrected chi connectivity index (χ2v) is 7.55. The lowest BCUT2D eigenvalue weighted by molar-refractivity contribution is -0.669. The Hall–Kier alpha value is -2.30. The third-order valence-corrected chi connectivity index (χ3v) is 5.88. The molecule has 1 aliphatic heterocycles. The number of benzene rings is 2. The first-order valence-electron chi connectivity index (χ1n) is 9.01. The standard InChI is InChI=1S/C22H23N2OS/c1-3-23-18(10-9-17-14-16(2)8-11-19(17)23)15-22-24(12-13-25)20-6-4-5-7-21(20)26-22/h4-11,14-15,25H,3,12-13H2,1-2H3/q+1. The fraction of sp³-hybridized carbons (Fsp3) is 0.227. The maximum absolute atomic E-state index is 9.52. The zero-order valence-electron chi connectivity index (χ0n) is 15.1. The molecule has 2 aromatic carbocycles. The Labute approximate surface area is 158 Å². The van der Waals surface area contributed by atoms with Gasteiger partial charge in [-0.15, -0.1) is 0 Å². The lowest BCUT2D eigenvalue weighted by atomic mass is 10.1. The maximum Gasteiger partial charge on any atom is 0.212 e. The molecule has 3 nitrogen and oxygen atoms in total. The number of hydrogen-bond acceptors (Lipinski definition) is 3. The number of nitrogens with zero attached hydrogens (tertiary/aromatic N) is 2. The maximum atomic E-state index is 9.52. The van der Waals surface area contributed by atoms with Crippen LogP contribution < -0.4 is 9.47 Å². The van der Waals surface area contributed by atoms with Crippen LogP contribution in [0.4, 0.5) is 5.69 Å². The van der Waals surface area contributed by atoms with Gasteiger partial charge >= 0.3 is 0 Å². The Bertz CT molecular complexity index is 997. The quantitative estimate of drug-likeness (QED) is 0.698. The van der Waals surface area contributed by atoms with E-state index in [9.17, 15) is 5.11 Å². The van der Waals surface area contributed by atoms with Gasteiger partial charge < -0.3 is 10.0 Å². The number of para-hydroxylation sites is 1. The monoisotopic (exact) mass is 363 g/mol. The molecule has 0 bridgehead atoms. The van der Waals surface area contributed by atoms with Crippen LogP contribution in [-0.4, -0.2) is 18.3 Å². The van der Waals surface area contributed by atoms with Gasteiger partial charge in [-0.1, -0.05) is 35.5 Å². The summed E-state index contributed by atoms with van der Waals surface area (Å²) in [6.07, 6.45) is 2.24. The molecule has 26 heavy (non-hydrogen) atoms. The summed E-state index contributed by atoms with van der Waals surface area (Å²) in [6.45, 7) is 5.97. The Morgan fingerprint density at radius 3 is 2.77 bits per heavy atom. The number of aromatic nitrogens is 1. The minimum Gasteiger partial charge on any atom is -0.395 e. The molecule has 1 aromatic heterocycles. The number of aryl methyl sites for hydroxylation is 2. The van der Waals surface area contributed by atoms with Crippen molar-refractivity contribution in [3.63, 3.8) is 0 Å². The number of pyridine rings is 1. The topological polar surface area (TPSA) is 27.4 Å². The molecule has 2 heterocycles. The van der Waals surface area contributed by atoms with Crippen LogP contribution in [0.5, 0.6) is 0 Å². The van der Waals surface area contributed by atoms with E-state index >= 15 is 0 Å². The second kappa shape index (κ2) is 7.14. The Morgan fingerprint density at radius 2 is 1.96 bits per heavy atom. The zero-order valence-corrected chi connectivity index (χ0v) is 16.0. The summed E-state index contributed by atoms with van der Waals surface area (Å²) in [6, 6.07) is 19.4. The van der Waals surface area contributed by atoms with Crippen LogP contribution >= 0.6 is 11.8 Å². The first kappa shape index (κ1) is 17.1. The lowest BCUT2D eigenvalue weighted by Gasteiger charge is -2.18. The zero-order chi connectivity index (χ0) is 18.1. The van der Waals surface area contributed by atoms with Crippen molar-refractivity contribution in [3.05, 3.63) is 70.9 Å². The molecule has 0 saturated carbocycles. The van der Waals surface area contributed by atoms with Crippen LogP contribution in [0.25, 0.3) is 17.0 Å². The van der Waals surface area contributed by atoms with Gasteiger partial charge in [-0.25, -0.2) is 0 Å². The third-order valence-electron chi connectivity index (χ3n) is 4.77. The van der Waals surface area contributed by atoms with Crippen LogP contribution in [0.3, 0.4) is 0 Å². The summed E-state index contributed by atoms with van der Waals surface area (Å²) >= 11 is 1.77. The third kappa shape index (κ3) is 3.00. The number of hydrogen-bond donors (Lipinski definition) is 1. The SMILES string of the molecule is CC[n+]1c(/C=C2/Sc3ccccc3N2CCO)ccc2cc(C)ccc21. The van der Waals surface area contributed by atoms with Gasteiger partial charge in [0.15, 0.2) is 0 Å². The summed E-state index contributed by atoms with van der Waals surface area (Å²) in [5.41, 5.74) is 4.89. The van der Waals surface area contributed by atoms with Gasteiger partial charge in [0, 0.05) is 35.0 Å². The normalized spacial score (nSPS) is 15.0. The lowest BCUT2D eigenvalue weighted by Crippen LogP contribution is -2.37. The predicted molar refractivity (Wildman–Crippen MR) is 109 cm³/mol. The second-order valence-electron chi connectivity index (χ2n) is 6.49. The van der Waals surface area contributed by atoms with E-state index < -0.39 is 0 Å². The number of fused-ring (bicyclic) bond motifs is 2. The van der Waals surface area contributed by atoms with Crippen molar-refractivity contribution < 1.29 is 9.67 Å². The van der Waals surface area contributed by atoms with Crippen molar-refractivity contribution >= 4 is 34.4 Å². The van der Waals surface area contributed by atoms with Gasteiger partial charge in [0.1, 0.15) is 6.54 Å². The Balaban J connectivity index is 1.82. The predicted octanol–water partition coefficient (Wildman–Crippen LogP) is 4.36. The van der Waals surface area contributed by atoms with E-state index in [0.29, 0.717) is 6.54 Å². The number of thioether (sulfide) groups is 1. The molecule has 4 heteroatoms. The fourth-order valence-electron chi connectivity index (χ4n) is 3.55. The van der Waals surface area contributed by atoms with Crippen LogP contribution in [-0.2, 0) is 6.54 Å². The number of β-amino-alcohol motifs (C(OH)–C–C–N with tert-alkyl or cyclic N) is 1. The molecule has 0 atom stereocenters. The highest BCUT2D eigenvalue weighted by Crippen LogP contribution is 2.46. The van der Waals surface area contributed by atoms with Crippen molar-refractivity contribution in [3.8, 4) is 0 Å². The summed E-state index contributed by atoms with van der Waals surface area (Å²) in [4.78, 5) is 3.45. The highest BCUT2D eigenvalue weighted by atomic mass is 32.2. The molecule has 3 aromatic rings. The summed E-state index contributed by atoms with van der Waals surface area (Å²) in [7, 11) is 0. The first-order chi connectivity index (χ1) is 12.7. The molecule has 132 valence electrons. The number of rotatable bonds is 4. The Kier molecular flexibility index (Phi) is 4.70. The molecule has 4 rings (SSSR count). The van der Waals surface area contributed by atoms with Crippen molar-refractivity contribution in [1.82, 2.24) is 0 Å². The Morgan fingerprint density at radius 1 is 1.12 bits per heavy atom. The largest absolute Gasteiger partial charge is 0.395 e. The van der Waals surface area contributed by atoms with Gasteiger partial charge in [0.2, 0.25) is 11.2 Å². The molecule has 1 aliphatic rings. The van der Waals surface area contributed by atoms with E-state index in [1.54, 1.807) is 11.8 Å². The number of aliphatic hydroxyl groups is 1. The fourth-order valence-corrected chi connectivity index (χ4v) is 4.69. The minimum absolute atomic E-state index is 0.136. The van der Waals surface area contributed by atoms with Crippen molar-refractivity contribution in [2.45, 2.75) is 25.3 Å². The average molecular weight is 364 g/mol. The van der Waals surface area contributed by atoms with Crippen LogP contribution in [0.2, 0.25) is 0 Å². The first-order valence-corrected chi connectivity index (χ1v) is 9.83. The number of aliphatic hydroxyl groups excluding tert-OH is 1. The molecule has 0 aliphatic carbocycles. The van der Waals surface area contributed by atoms with E-state index in [-0.39, 0.29) is 6.61 Å². The molecular weight excluding hydrogens is 340 g/mol. The van der Waals surface area contributed by atoms with Crippen LogP contribution in [0.15, 0.2) is 64.5 Å². The van der Waals surface area contributed by atoms with Gasteiger partial charge in [-0.3, -0.25) is 0 Å². The van der Waals surface area contributed by atoms with Gasteiger partial charge in [-0.2, -0.15) is 4.57 Å². The average Bonchev–Trinajstić information content (AvgIpc) is 2.99. The number of anilines is 1. The molecule has 0 spiro atoms. The molecule has 0 unspecified atom stereocenters. The summed E-state index contributed by atoms with van der Waals surface area (Å²) < 4.78 is 2.35. The van der Waals surface area contributed by atoms with Crippen LogP contribution in [0, 0.1) is 6.92 Å². The van der Waals surface area contributed by atoms with E-state index in [4.69, 9.17) is 0 Å². The summed E-state index contributed by atoms with van der Waals surface area (Å²) in [5, 5.41) is 11.9. The van der Waals surface area contributed by atoms with E-state index in [0.717, 1.165) is 11.6 Å². The molecule has 1 N–H and O–H groups in total.